The van der Waals surface area contributed by atoms with Gasteiger partial charge in [0.25, 0.3) is 6.43 Å². The molecule has 3 amide bonds. The normalized spacial score (nSPS) is 21.2. The van der Waals surface area contributed by atoms with E-state index in [1.165, 1.54) is 11.1 Å². The van der Waals surface area contributed by atoms with E-state index < -0.39 is 18.2 Å². The lowest BCUT2D eigenvalue weighted by molar-refractivity contribution is 0.127. The SMILES string of the molecule is O=C(N[C@H]1CC[C@H](N2CCN(c3cnc(C(F)F)cn3)C2=O)CC1)OCc1ccccc1. The molecule has 1 saturated carbocycles. The molecule has 0 atom stereocenters. The van der Waals surface area contributed by atoms with Gasteiger partial charge in [0, 0.05) is 25.2 Å². The molecule has 2 aromatic rings. The summed E-state index contributed by atoms with van der Waals surface area (Å²) in [6.45, 7) is 1.20. The van der Waals surface area contributed by atoms with E-state index in [-0.39, 0.29) is 30.5 Å². The van der Waals surface area contributed by atoms with Crippen LogP contribution in [0.25, 0.3) is 0 Å². The molecule has 4 rings (SSSR count). The van der Waals surface area contributed by atoms with Crippen LogP contribution in [0.15, 0.2) is 42.7 Å². The Balaban J connectivity index is 1.23. The molecule has 1 N–H and O–H groups in total. The van der Waals surface area contributed by atoms with Crippen molar-refractivity contribution in [2.75, 3.05) is 18.0 Å². The number of nitrogens with one attached hydrogen (secondary N) is 1. The molecule has 32 heavy (non-hydrogen) atoms. The van der Waals surface area contributed by atoms with Crippen LogP contribution in [0.5, 0.6) is 0 Å². The van der Waals surface area contributed by atoms with E-state index in [9.17, 15) is 18.4 Å². The van der Waals surface area contributed by atoms with Crippen LogP contribution in [0.3, 0.4) is 0 Å². The summed E-state index contributed by atoms with van der Waals surface area (Å²) in [6.07, 6.45) is 2.11. The Kier molecular flexibility index (Phi) is 6.77. The van der Waals surface area contributed by atoms with Crippen molar-refractivity contribution in [1.29, 1.82) is 0 Å². The maximum atomic E-state index is 12.8. The van der Waals surface area contributed by atoms with Crippen molar-refractivity contribution in [2.45, 2.75) is 50.8 Å². The number of carbonyl (C=O) groups is 2. The molecule has 0 unspecified atom stereocenters. The van der Waals surface area contributed by atoms with Crippen molar-refractivity contribution in [2.24, 2.45) is 0 Å². The number of alkyl halides is 2. The standard InChI is InChI=1S/C22H25F2N5O3/c23-20(24)18-12-26-19(13-25-18)29-11-10-28(22(29)31)17-8-6-16(7-9-17)27-21(30)32-14-15-4-2-1-3-5-15/h1-5,12-13,16-17,20H,6-11,14H2,(H,27,30)/t16-,17-. The summed E-state index contributed by atoms with van der Waals surface area (Å²) in [5, 5.41) is 2.91. The Labute approximate surface area is 184 Å². The van der Waals surface area contributed by atoms with Crippen LogP contribution in [-0.2, 0) is 11.3 Å². The average molecular weight is 445 g/mol. The van der Waals surface area contributed by atoms with Crippen molar-refractivity contribution < 1.29 is 23.1 Å². The highest BCUT2D eigenvalue weighted by Gasteiger charge is 2.37. The van der Waals surface area contributed by atoms with Crippen LogP contribution in [0, 0.1) is 0 Å². The molecule has 2 heterocycles. The van der Waals surface area contributed by atoms with Crippen molar-refractivity contribution in [3.8, 4) is 0 Å². The molecule has 0 spiro atoms. The minimum Gasteiger partial charge on any atom is -0.445 e. The summed E-state index contributed by atoms with van der Waals surface area (Å²) in [4.78, 5) is 35.8. The van der Waals surface area contributed by atoms with Crippen LogP contribution in [0.1, 0.15) is 43.4 Å². The average Bonchev–Trinajstić information content (AvgIpc) is 3.20. The molecular formula is C22H25F2N5O3. The lowest BCUT2D eigenvalue weighted by Crippen LogP contribution is -2.45. The maximum absolute atomic E-state index is 12.8. The van der Waals surface area contributed by atoms with E-state index in [4.69, 9.17) is 4.74 Å². The van der Waals surface area contributed by atoms with Crippen LogP contribution in [-0.4, -0.2) is 52.2 Å². The second-order valence-corrected chi connectivity index (χ2v) is 7.94. The van der Waals surface area contributed by atoms with Gasteiger partial charge in [0.2, 0.25) is 0 Å². The van der Waals surface area contributed by atoms with Gasteiger partial charge in [-0.1, -0.05) is 30.3 Å². The van der Waals surface area contributed by atoms with Gasteiger partial charge in [0.05, 0.1) is 12.4 Å². The number of amides is 3. The fourth-order valence-electron chi connectivity index (χ4n) is 4.15. The molecule has 8 nitrogen and oxygen atoms in total. The van der Waals surface area contributed by atoms with E-state index in [0.29, 0.717) is 13.1 Å². The van der Waals surface area contributed by atoms with Crippen LogP contribution >= 0.6 is 0 Å². The zero-order chi connectivity index (χ0) is 22.5. The van der Waals surface area contributed by atoms with Gasteiger partial charge in [-0.25, -0.2) is 28.3 Å². The number of urea groups is 1. The van der Waals surface area contributed by atoms with Crippen molar-refractivity contribution in [1.82, 2.24) is 20.2 Å². The Hall–Kier alpha value is -3.30. The molecule has 1 aromatic carbocycles. The molecule has 2 aliphatic rings. The minimum atomic E-state index is -2.69. The number of alkyl carbamates (subject to hydrolysis) is 1. The third-order valence-electron chi connectivity index (χ3n) is 5.87. The van der Waals surface area contributed by atoms with Gasteiger partial charge in [-0.05, 0) is 31.2 Å². The Morgan fingerprint density at radius 2 is 1.84 bits per heavy atom. The molecule has 170 valence electrons. The number of halogens is 2. The molecule has 0 bridgehead atoms. The number of rotatable bonds is 6. The predicted octanol–water partition coefficient (Wildman–Crippen LogP) is 3.89. The summed E-state index contributed by atoms with van der Waals surface area (Å²) < 4.78 is 30.6. The first-order valence-corrected chi connectivity index (χ1v) is 10.7. The van der Waals surface area contributed by atoms with E-state index >= 15 is 0 Å². The number of nitrogens with zero attached hydrogens (tertiary/aromatic N) is 4. The highest BCUT2D eigenvalue weighted by Crippen LogP contribution is 2.28. The molecule has 10 heteroatoms. The zero-order valence-electron chi connectivity index (χ0n) is 17.5. The molecule has 2 fully saturated rings. The van der Waals surface area contributed by atoms with Gasteiger partial charge in [0.1, 0.15) is 12.3 Å². The third-order valence-corrected chi connectivity index (χ3v) is 5.87. The predicted molar refractivity (Wildman–Crippen MR) is 112 cm³/mol. The second kappa shape index (κ2) is 9.88. The molecule has 1 aliphatic heterocycles. The van der Waals surface area contributed by atoms with Gasteiger partial charge in [-0.2, -0.15) is 0 Å². The Bertz CT molecular complexity index is 921. The first-order valence-electron chi connectivity index (χ1n) is 10.7. The second-order valence-electron chi connectivity index (χ2n) is 7.94. The molecule has 0 radical (unpaired) electrons. The minimum absolute atomic E-state index is 0.0103. The smallest absolute Gasteiger partial charge is 0.407 e. The van der Waals surface area contributed by atoms with Gasteiger partial charge in [-0.3, -0.25) is 4.90 Å². The summed E-state index contributed by atoms with van der Waals surface area (Å²) in [6, 6.07) is 9.37. The molecule has 1 aromatic heterocycles. The Morgan fingerprint density at radius 1 is 1.09 bits per heavy atom. The maximum Gasteiger partial charge on any atom is 0.407 e. The first kappa shape index (κ1) is 21.9. The third kappa shape index (κ3) is 5.12. The van der Waals surface area contributed by atoms with E-state index in [0.717, 1.165) is 37.4 Å². The summed E-state index contributed by atoms with van der Waals surface area (Å²) in [5.74, 6) is 0.276. The highest BCUT2D eigenvalue weighted by atomic mass is 19.3. The zero-order valence-corrected chi connectivity index (χ0v) is 17.5. The van der Waals surface area contributed by atoms with Crippen molar-refractivity contribution in [3.05, 3.63) is 54.0 Å². The van der Waals surface area contributed by atoms with Gasteiger partial charge < -0.3 is 15.0 Å². The lowest BCUT2D eigenvalue weighted by Gasteiger charge is -2.34. The number of anilines is 1. The van der Waals surface area contributed by atoms with Crippen molar-refractivity contribution in [3.63, 3.8) is 0 Å². The molecule has 1 saturated heterocycles. The summed E-state index contributed by atoms with van der Waals surface area (Å²) in [5.41, 5.74) is 0.516. The number of aromatic nitrogens is 2. The summed E-state index contributed by atoms with van der Waals surface area (Å²) in [7, 11) is 0. The monoisotopic (exact) mass is 445 g/mol. The molecular weight excluding hydrogens is 420 g/mol. The summed E-state index contributed by atoms with van der Waals surface area (Å²) >= 11 is 0. The van der Waals surface area contributed by atoms with Crippen LogP contribution in [0.2, 0.25) is 0 Å². The van der Waals surface area contributed by atoms with E-state index in [1.807, 2.05) is 30.3 Å². The van der Waals surface area contributed by atoms with Gasteiger partial charge >= 0.3 is 12.1 Å². The molecule has 1 aliphatic carbocycles. The number of hydrogen-bond donors (Lipinski definition) is 1. The number of ether oxygens (including phenoxy) is 1. The quantitative estimate of drug-likeness (QED) is 0.729. The topological polar surface area (TPSA) is 87.7 Å². The van der Waals surface area contributed by atoms with E-state index in [1.54, 1.807) is 4.90 Å². The largest absolute Gasteiger partial charge is 0.445 e. The number of carbonyl (C=O) groups excluding carboxylic acids is 2. The lowest BCUT2D eigenvalue weighted by atomic mass is 9.90. The van der Waals surface area contributed by atoms with Gasteiger partial charge in [-0.15, -0.1) is 0 Å². The fraction of sp³-hybridized carbons (Fsp3) is 0.455. The van der Waals surface area contributed by atoms with Crippen LogP contribution < -0.4 is 10.2 Å². The number of hydrogen-bond acceptors (Lipinski definition) is 5. The van der Waals surface area contributed by atoms with Crippen LogP contribution in [0.4, 0.5) is 24.2 Å². The van der Waals surface area contributed by atoms with Crippen molar-refractivity contribution >= 4 is 17.9 Å². The van der Waals surface area contributed by atoms with Gasteiger partial charge in [0.15, 0.2) is 5.82 Å². The highest BCUT2D eigenvalue weighted by molar-refractivity contribution is 5.93. The fourth-order valence-corrected chi connectivity index (χ4v) is 4.15. The van der Waals surface area contributed by atoms with E-state index in [2.05, 4.69) is 15.3 Å². The number of benzene rings is 1. The first-order chi connectivity index (χ1) is 15.5. The Morgan fingerprint density at radius 3 is 2.50 bits per heavy atom.